The van der Waals surface area contributed by atoms with E-state index in [1.165, 1.54) is 0 Å². The monoisotopic (exact) mass is 252 g/mol. The van der Waals surface area contributed by atoms with E-state index in [2.05, 4.69) is 4.74 Å². The Hall–Kier alpha value is -0.920. The molecule has 2 N–H and O–H groups in total. The van der Waals surface area contributed by atoms with Gasteiger partial charge in [0.2, 0.25) is 5.57 Å². The Morgan fingerprint density at radius 2 is 1.73 bits per heavy atom. The zero-order chi connectivity index (χ0) is 12.4. The van der Waals surface area contributed by atoms with Crippen molar-refractivity contribution in [1.82, 2.24) is 0 Å². The summed E-state index contributed by atoms with van der Waals surface area (Å²) in [5, 5.41) is 0. The van der Waals surface area contributed by atoms with E-state index in [-0.39, 0.29) is 0 Å². The number of carbonyl (C=O) groups excluding carboxylic acids is 1. The van der Waals surface area contributed by atoms with Gasteiger partial charge in [0.25, 0.3) is 0 Å². The summed E-state index contributed by atoms with van der Waals surface area (Å²) in [5.41, 5.74) is -5.50. The normalized spacial score (nSPS) is 14.6. The summed E-state index contributed by atoms with van der Waals surface area (Å²) in [5.74, 6) is -2.21. The quantitative estimate of drug-likeness (QED) is 0.332. The van der Waals surface area contributed by atoms with Crippen molar-refractivity contribution in [3.8, 4) is 0 Å². The molecule has 88 valence electrons. The summed E-state index contributed by atoms with van der Waals surface area (Å²) in [6.45, 7) is 0. The van der Waals surface area contributed by atoms with Gasteiger partial charge in [-0.1, -0.05) is 0 Å². The van der Waals surface area contributed by atoms with Crippen LogP contribution in [-0.4, -0.2) is 29.0 Å². The first-order chi connectivity index (χ1) is 6.51. The second-order valence-electron chi connectivity index (χ2n) is 2.20. The molecular formula is C5H5F4O5P. The molecule has 0 aromatic rings. The largest absolute Gasteiger partial charge is 0.465 e. The molecule has 0 heterocycles. The molecule has 10 heteroatoms. The first-order valence-electron chi connectivity index (χ1n) is 3.13. The molecule has 0 saturated carbocycles. The molecule has 0 amide bonds. The summed E-state index contributed by atoms with van der Waals surface area (Å²) in [4.78, 5) is 26.7. The molecule has 0 fully saturated rings. The van der Waals surface area contributed by atoms with Crippen LogP contribution in [0.2, 0.25) is 0 Å². The van der Waals surface area contributed by atoms with Gasteiger partial charge in [0.05, 0.1) is 7.11 Å². The molecule has 0 aromatic carbocycles. The van der Waals surface area contributed by atoms with Gasteiger partial charge in [-0.2, -0.15) is 17.6 Å². The summed E-state index contributed by atoms with van der Waals surface area (Å²) in [6.07, 6.45) is -5.54. The first-order valence-corrected chi connectivity index (χ1v) is 4.74. The van der Waals surface area contributed by atoms with Gasteiger partial charge in [0.1, 0.15) is 0 Å². The van der Waals surface area contributed by atoms with E-state index < -0.39 is 30.9 Å². The van der Waals surface area contributed by atoms with E-state index >= 15 is 0 Å². The lowest BCUT2D eigenvalue weighted by molar-refractivity contribution is -0.148. The lowest BCUT2D eigenvalue weighted by atomic mass is 10.3. The van der Waals surface area contributed by atoms with Crippen molar-refractivity contribution in [2.24, 2.45) is 0 Å². The van der Waals surface area contributed by atoms with Crippen molar-refractivity contribution in [3.63, 3.8) is 0 Å². The first kappa shape index (κ1) is 14.1. The number of esters is 1. The lowest BCUT2D eigenvalue weighted by Crippen LogP contribution is -2.22. The minimum absolute atomic E-state index is 0.515. The highest BCUT2D eigenvalue weighted by molar-refractivity contribution is 7.56. The maximum absolute atomic E-state index is 12.6. The van der Waals surface area contributed by atoms with Gasteiger partial charge in [-0.3, -0.25) is 4.57 Å². The predicted octanol–water partition coefficient (Wildman–Crippen LogP) is 1.08. The molecule has 0 aromatic heterocycles. The Morgan fingerprint density at radius 1 is 1.33 bits per heavy atom. The van der Waals surface area contributed by atoms with Crippen LogP contribution in [-0.2, 0) is 14.1 Å². The third-order valence-corrected chi connectivity index (χ3v) is 1.87. The average molecular weight is 252 g/mol. The molecule has 0 radical (unpaired) electrons. The van der Waals surface area contributed by atoms with E-state index in [4.69, 9.17) is 9.79 Å². The molecule has 0 rings (SSSR count). The number of ether oxygens (including phenoxy) is 1. The third kappa shape index (κ3) is 3.61. The molecule has 15 heavy (non-hydrogen) atoms. The van der Waals surface area contributed by atoms with E-state index in [0.29, 0.717) is 7.11 Å². The smallest absolute Gasteiger partial charge is 0.426 e. The van der Waals surface area contributed by atoms with Crippen LogP contribution in [0.3, 0.4) is 0 Å². The van der Waals surface area contributed by atoms with E-state index in [0.717, 1.165) is 0 Å². The number of carbonyl (C=O) groups is 1. The van der Waals surface area contributed by atoms with Crippen LogP contribution in [0, 0.1) is 0 Å². The zero-order valence-electron chi connectivity index (χ0n) is 7.08. The summed E-state index contributed by atoms with van der Waals surface area (Å²) in [7, 11) is -5.27. The zero-order valence-corrected chi connectivity index (χ0v) is 7.97. The molecule has 5 nitrogen and oxygen atoms in total. The number of rotatable bonds is 2. The highest BCUT2D eigenvalue weighted by atomic mass is 31.2. The van der Waals surface area contributed by atoms with Crippen LogP contribution >= 0.6 is 7.60 Å². The number of hydrogen-bond donors (Lipinski definition) is 2. The van der Waals surface area contributed by atoms with Crippen molar-refractivity contribution < 1.29 is 41.4 Å². The van der Waals surface area contributed by atoms with E-state index in [1.54, 1.807) is 0 Å². The fourth-order valence-electron chi connectivity index (χ4n) is 0.565. The van der Waals surface area contributed by atoms with Crippen LogP contribution in [0.1, 0.15) is 0 Å². The number of halogens is 4. The lowest BCUT2D eigenvalue weighted by Gasteiger charge is -2.11. The Balaban J connectivity index is 5.70. The molecule has 0 unspecified atom stereocenters. The van der Waals surface area contributed by atoms with Gasteiger partial charge in [-0.25, -0.2) is 4.79 Å². The predicted molar refractivity (Wildman–Crippen MR) is 38.2 cm³/mol. The topological polar surface area (TPSA) is 83.8 Å². The second kappa shape index (κ2) is 4.30. The molecule has 0 atom stereocenters. The highest BCUT2D eigenvalue weighted by Crippen LogP contribution is 2.50. The van der Waals surface area contributed by atoms with Crippen LogP contribution in [0.25, 0.3) is 0 Å². The molecule has 0 aliphatic heterocycles. The summed E-state index contributed by atoms with van der Waals surface area (Å²) in [6, 6.07) is 0. The Labute approximate surface area is 80.5 Å². The van der Waals surface area contributed by atoms with Crippen LogP contribution in [0.5, 0.6) is 0 Å². The maximum atomic E-state index is 12.6. The minimum Gasteiger partial charge on any atom is -0.465 e. The highest BCUT2D eigenvalue weighted by Gasteiger charge is 2.47. The molecule has 0 saturated heterocycles. The Morgan fingerprint density at radius 3 is 1.93 bits per heavy atom. The standard InChI is InChI=1S/C5H5F4O5P/c1-14-4(10)2(5(7,8)9)3(6)15(11,12)13/h1H3,(H2,11,12,13). The van der Waals surface area contributed by atoms with Gasteiger partial charge in [0.15, 0.2) is 5.57 Å². The summed E-state index contributed by atoms with van der Waals surface area (Å²) < 4.78 is 62.3. The molecular weight excluding hydrogens is 247 g/mol. The van der Waals surface area contributed by atoms with Crippen molar-refractivity contribution in [1.29, 1.82) is 0 Å². The SMILES string of the molecule is COC(=O)C(=C(F)P(=O)(O)O)C(F)(F)F. The van der Waals surface area contributed by atoms with E-state index in [1.807, 2.05) is 0 Å². The van der Waals surface area contributed by atoms with Crippen LogP contribution < -0.4 is 0 Å². The average Bonchev–Trinajstić information content (AvgIpc) is 1.99. The molecule has 0 bridgehead atoms. The van der Waals surface area contributed by atoms with E-state index in [9.17, 15) is 26.9 Å². The third-order valence-electron chi connectivity index (χ3n) is 1.14. The Bertz CT molecular complexity index is 340. The van der Waals surface area contributed by atoms with Gasteiger partial charge < -0.3 is 14.5 Å². The fourth-order valence-corrected chi connectivity index (χ4v) is 1.07. The second-order valence-corrected chi connectivity index (χ2v) is 3.68. The van der Waals surface area contributed by atoms with Gasteiger partial charge in [-0.15, -0.1) is 0 Å². The van der Waals surface area contributed by atoms with Crippen molar-refractivity contribution >= 4 is 13.6 Å². The number of alkyl halides is 3. The molecule has 0 spiro atoms. The van der Waals surface area contributed by atoms with Gasteiger partial charge in [0, 0.05) is 0 Å². The van der Waals surface area contributed by atoms with Crippen molar-refractivity contribution in [3.05, 3.63) is 11.1 Å². The van der Waals surface area contributed by atoms with Crippen molar-refractivity contribution in [2.75, 3.05) is 7.11 Å². The number of hydrogen-bond acceptors (Lipinski definition) is 3. The molecule has 0 aliphatic carbocycles. The Kier molecular flexibility index (Phi) is 4.03. The maximum Gasteiger partial charge on any atom is 0.426 e. The van der Waals surface area contributed by atoms with Gasteiger partial charge in [-0.05, 0) is 0 Å². The minimum atomic E-state index is -5.78. The van der Waals surface area contributed by atoms with Gasteiger partial charge >= 0.3 is 19.7 Å². The summed E-state index contributed by atoms with van der Waals surface area (Å²) >= 11 is 0. The fraction of sp³-hybridized carbons (Fsp3) is 0.400. The van der Waals surface area contributed by atoms with Crippen LogP contribution in [0.4, 0.5) is 17.6 Å². The number of methoxy groups -OCH3 is 1. The molecule has 0 aliphatic rings. The van der Waals surface area contributed by atoms with Crippen LogP contribution in [0.15, 0.2) is 11.1 Å². The van der Waals surface area contributed by atoms with Crippen molar-refractivity contribution in [2.45, 2.75) is 6.18 Å².